The van der Waals surface area contributed by atoms with Gasteiger partial charge in [-0.05, 0) is 25.7 Å². The van der Waals surface area contributed by atoms with Crippen molar-refractivity contribution in [2.75, 3.05) is 20.8 Å². The molecule has 0 fully saturated rings. The van der Waals surface area contributed by atoms with Gasteiger partial charge in [0.05, 0.1) is 11.6 Å². The van der Waals surface area contributed by atoms with E-state index in [1.807, 2.05) is 0 Å². The van der Waals surface area contributed by atoms with Crippen LogP contribution in [-0.2, 0) is 10.0 Å². The average Bonchev–Trinajstić information content (AvgIpc) is 2.53. The topological polar surface area (TPSA) is 66.5 Å². The molecule has 0 aliphatic heterocycles. The van der Waals surface area contributed by atoms with Gasteiger partial charge in [-0.3, -0.25) is 9.69 Å². The van der Waals surface area contributed by atoms with Gasteiger partial charge in [-0.2, -0.15) is 4.72 Å². The second-order valence-electron chi connectivity index (χ2n) is 5.12. The van der Waals surface area contributed by atoms with E-state index >= 15 is 0 Å². The molecule has 6 heteroatoms. The predicted molar refractivity (Wildman–Crippen MR) is 86.1 cm³/mol. The van der Waals surface area contributed by atoms with Crippen molar-refractivity contribution in [1.29, 1.82) is 0 Å². The summed E-state index contributed by atoms with van der Waals surface area (Å²) in [6, 6.07) is 13.6. The van der Waals surface area contributed by atoms with Crippen LogP contribution in [0.25, 0.3) is 11.1 Å². The number of carbonyl (C=O) groups excluding carboxylic acids is 1. The molecule has 0 atom stereocenters. The third kappa shape index (κ3) is 3.79. The van der Waals surface area contributed by atoms with E-state index in [1.165, 1.54) is 0 Å². The van der Waals surface area contributed by atoms with Crippen molar-refractivity contribution in [1.82, 2.24) is 9.62 Å². The number of nitrogens with zero attached hydrogens (tertiary/aromatic N) is 1. The SMILES string of the molecule is CN(C)CNS(=O)(=O)c1ccccc1-c1ccc(C=O)cc1. The maximum atomic E-state index is 12.5. The molecule has 0 aromatic heterocycles. The summed E-state index contributed by atoms with van der Waals surface area (Å²) in [7, 11) is -0.0424. The van der Waals surface area contributed by atoms with Crippen molar-refractivity contribution in [2.24, 2.45) is 0 Å². The number of nitrogens with one attached hydrogen (secondary N) is 1. The summed E-state index contributed by atoms with van der Waals surface area (Å²) in [5, 5.41) is 0. The van der Waals surface area contributed by atoms with Crippen LogP contribution in [0.4, 0.5) is 0 Å². The number of carbonyl (C=O) groups is 1. The van der Waals surface area contributed by atoms with Crippen molar-refractivity contribution < 1.29 is 13.2 Å². The van der Waals surface area contributed by atoms with Gasteiger partial charge in [-0.25, -0.2) is 8.42 Å². The molecule has 0 saturated carbocycles. The number of sulfonamides is 1. The van der Waals surface area contributed by atoms with Crippen molar-refractivity contribution >= 4 is 16.3 Å². The zero-order valence-electron chi connectivity index (χ0n) is 12.5. The van der Waals surface area contributed by atoms with Gasteiger partial charge >= 0.3 is 0 Å². The highest BCUT2D eigenvalue weighted by Gasteiger charge is 2.18. The summed E-state index contributed by atoms with van der Waals surface area (Å²) in [6.07, 6.45) is 0.755. The van der Waals surface area contributed by atoms with Crippen molar-refractivity contribution in [3.63, 3.8) is 0 Å². The number of rotatable bonds is 6. The first kappa shape index (κ1) is 16.4. The molecule has 0 bridgehead atoms. The van der Waals surface area contributed by atoms with Gasteiger partial charge in [0.1, 0.15) is 6.29 Å². The van der Waals surface area contributed by atoms with Crippen molar-refractivity contribution in [3.05, 3.63) is 54.1 Å². The third-order valence-corrected chi connectivity index (χ3v) is 4.55. The Morgan fingerprint density at radius 3 is 2.27 bits per heavy atom. The molecular weight excluding hydrogens is 300 g/mol. The van der Waals surface area contributed by atoms with Gasteiger partial charge in [0.15, 0.2) is 0 Å². The van der Waals surface area contributed by atoms with E-state index < -0.39 is 10.0 Å². The molecule has 0 aliphatic rings. The molecule has 0 spiro atoms. The normalized spacial score (nSPS) is 11.6. The lowest BCUT2D eigenvalue weighted by atomic mass is 10.0. The fraction of sp³-hybridized carbons (Fsp3) is 0.188. The fourth-order valence-electron chi connectivity index (χ4n) is 1.97. The lowest BCUT2D eigenvalue weighted by molar-refractivity contribution is 0.112. The Bertz CT molecular complexity index is 753. The van der Waals surface area contributed by atoms with Crippen molar-refractivity contribution in [3.8, 4) is 11.1 Å². The Balaban J connectivity index is 2.43. The molecule has 0 saturated heterocycles. The molecule has 2 aromatic rings. The van der Waals surface area contributed by atoms with Crippen LogP contribution in [0.1, 0.15) is 10.4 Å². The average molecular weight is 318 g/mol. The molecular formula is C16H18N2O3S. The summed E-state index contributed by atoms with van der Waals surface area (Å²) in [4.78, 5) is 12.7. The second kappa shape index (κ2) is 6.83. The summed E-state index contributed by atoms with van der Waals surface area (Å²) >= 11 is 0. The van der Waals surface area contributed by atoms with E-state index in [4.69, 9.17) is 0 Å². The molecule has 0 radical (unpaired) electrons. The van der Waals surface area contributed by atoms with Gasteiger partial charge in [-0.15, -0.1) is 0 Å². The van der Waals surface area contributed by atoms with Crippen LogP contribution < -0.4 is 4.72 Å². The van der Waals surface area contributed by atoms with Crippen LogP contribution in [0.5, 0.6) is 0 Å². The highest BCUT2D eigenvalue weighted by molar-refractivity contribution is 7.89. The molecule has 1 N–H and O–H groups in total. The van der Waals surface area contributed by atoms with Gasteiger partial charge in [-0.1, -0.05) is 42.5 Å². The summed E-state index contributed by atoms with van der Waals surface area (Å²) < 4.78 is 27.5. The first-order valence-electron chi connectivity index (χ1n) is 6.73. The Hall–Kier alpha value is -2.02. The van der Waals surface area contributed by atoms with E-state index in [0.717, 1.165) is 11.8 Å². The van der Waals surface area contributed by atoms with E-state index in [1.54, 1.807) is 67.5 Å². The minimum Gasteiger partial charge on any atom is -0.298 e. The van der Waals surface area contributed by atoms with E-state index in [9.17, 15) is 13.2 Å². The Morgan fingerprint density at radius 1 is 1.05 bits per heavy atom. The maximum Gasteiger partial charge on any atom is 0.242 e. The number of hydrogen-bond donors (Lipinski definition) is 1. The van der Waals surface area contributed by atoms with Crippen LogP contribution in [0.2, 0.25) is 0 Å². The second-order valence-corrected chi connectivity index (χ2v) is 6.86. The molecule has 22 heavy (non-hydrogen) atoms. The molecule has 0 heterocycles. The van der Waals surface area contributed by atoms with Crippen LogP contribution in [0, 0.1) is 0 Å². The summed E-state index contributed by atoms with van der Waals surface area (Å²) in [5.74, 6) is 0. The van der Waals surface area contributed by atoms with E-state index in [2.05, 4.69) is 4.72 Å². The molecule has 0 aliphatic carbocycles. The number of benzene rings is 2. The molecule has 0 amide bonds. The standard InChI is InChI=1S/C16H18N2O3S/c1-18(2)12-17-22(20,21)16-6-4-3-5-15(16)14-9-7-13(11-19)8-10-14/h3-11,17H,12H2,1-2H3. The lowest BCUT2D eigenvalue weighted by Gasteiger charge is -2.14. The Kier molecular flexibility index (Phi) is 5.07. The third-order valence-electron chi connectivity index (χ3n) is 3.11. The van der Waals surface area contributed by atoms with Gasteiger partial charge < -0.3 is 0 Å². The van der Waals surface area contributed by atoms with Gasteiger partial charge in [0, 0.05) is 11.1 Å². The maximum absolute atomic E-state index is 12.5. The first-order valence-corrected chi connectivity index (χ1v) is 8.21. The minimum atomic E-state index is -3.61. The monoisotopic (exact) mass is 318 g/mol. The first-order chi connectivity index (χ1) is 10.4. The van der Waals surface area contributed by atoms with Crippen LogP contribution >= 0.6 is 0 Å². The number of hydrogen-bond acceptors (Lipinski definition) is 4. The molecule has 116 valence electrons. The summed E-state index contributed by atoms with van der Waals surface area (Å²) in [6.45, 7) is 0.223. The molecule has 2 aromatic carbocycles. The fourth-order valence-corrected chi connectivity index (χ4v) is 3.29. The van der Waals surface area contributed by atoms with E-state index in [-0.39, 0.29) is 11.6 Å². The van der Waals surface area contributed by atoms with E-state index in [0.29, 0.717) is 11.1 Å². The smallest absolute Gasteiger partial charge is 0.242 e. The molecule has 2 rings (SSSR count). The van der Waals surface area contributed by atoms with Crippen molar-refractivity contribution in [2.45, 2.75) is 4.90 Å². The lowest BCUT2D eigenvalue weighted by Crippen LogP contribution is -2.33. The Morgan fingerprint density at radius 2 is 1.68 bits per heavy atom. The molecule has 5 nitrogen and oxygen atoms in total. The zero-order valence-corrected chi connectivity index (χ0v) is 13.3. The zero-order chi connectivity index (χ0) is 16.2. The van der Waals surface area contributed by atoms with Crippen LogP contribution in [-0.4, -0.2) is 40.4 Å². The number of aldehydes is 1. The molecule has 0 unspecified atom stereocenters. The van der Waals surface area contributed by atoms with Crippen LogP contribution in [0.3, 0.4) is 0 Å². The minimum absolute atomic E-state index is 0.218. The van der Waals surface area contributed by atoms with Gasteiger partial charge in [0.2, 0.25) is 10.0 Å². The Labute approximate surface area is 130 Å². The van der Waals surface area contributed by atoms with Gasteiger partial charge in [0.25, 0.3) is 0 Å². The quantitative estimate of drug-likeness (QED) is 0.653. The summed E-state index contributed by atoms with van der Waals surface area (Å²) in [5.41, 5.74) is 1.90. The highest BCUT2D eigenvalue weighted by atomic mass is 32.2. The van der Waals surface area contributed by atoms with Crippen LogP contribution in [0.15, 0.2) is 53.4 Å². The highest BCUT2D eigenvalue weighted by Crippen LogP contribution is 2.27. The largest absolute Gasteiger partial charge is 0.298 e. The predicted octanol–water partition coefficient (Wildman–Crippen LogP) is 1.96.